The van der Waals surface area contributed by atoms with Gasteiger partial charge in [-0.1, -0.05) is 39.0 Å². The van der Waals surface area contributed by atoms with Crippen LogP contribution in [-0.4, -0.2) is 35.4 Å². The molecule has 0 fully saturated rings. The zero-order valence-electron chi connectivity index (χ0n) is 19.6. The highest BCUT2D eigenvalue weighted by molar-refractivity contribution is 5.97. The number of nitrogens with one attached hydrogen (secondary N) is 1. The van der Waals surface area contributed by atoms with Crippen LogP contribution in [0, 0.1) is 5.82 Å². The number of Topliss-reactive ketones (excluding diaryl/α,β-unsaturated/α-hetero) is 1. The van der Waals surface area contributed by atoms with Crippen molar-refractivity contribution in [1.82, 2.24) is 10.1 Å². The number of ether oxygens (including phenoxy) is 1. The van der Waals surface area contributed by atoms with E-state index >= 15 is 0 Å². The maximum atomic E-state index is 14.8. The fraction of sp³-hybridized carbons (Fsp3) is 0.346. The van der Waals surface area contributed by atoms with Gasteiger partial charge in [-0.05, 0) is 52.3 Å². The second-order valence-corrected chi connectivity index (χ2v) is 9.50. The molecule has 2 heterocycles. The summed E-state index contributed by atoms with van der Waals surface area (Å²) < 4.78 is 25.1. The Hall–Kier alpha value is -3.68. The number of fused-ring (bicyclic) bond motifs is 1. The molecule has 34 heavy (non-hydrogen) atoms. The molecule has 2 aromatic carbocycles. The van der Waals surface area contributed by atoms with Crippen molar-refractivity contribution >= 4 is 11.7 Å². The second-order valence-electron chi connectivity index (χ2n) is 9.50. The first-order valence-electron chi connectivity index (χ1n) is 11.1. The molecule has 0 aliphatic carbocycles. The average Bonchev–Trinajstić information content (AvgIpc) is 3.22. The Balaban J connectivity index is 1.70. The number of halogens is 1. The topological polar surface area (TPSA) is 92.6 Å². The van der Waals surface area contributed by atoms with Crippen molar-refractivity contribution in [3.8, 4) is 5.75 Å². The van der Waals surface area contributed by atoms with Crippen LogP contribution in [0.5, 0.6) is 5.75 Å². The number of nitrogens with zero attached hydrogens (tertiary/aromatic N) is 1. The van der Waals surface area contributed by atoms with E-state index in [1.807, 2.05) is 26.8 Å². The molecule has 178 valence electrons. The Labute approximate surface area is 196 Å². The molecule has 0 spiro atoms. The Morgan fingerprint density at radius 1 is 1.18 bits per heavy atom. The van der Waals surface area contributed by atoms with Crippen LogP contribution in [0.4, 0.5) is 4.39 Å². The molecule has 4 rings (SSSR count). The van der Waals surface area contributed by atoms with Crippen molar-refractivity contribution in [3.63, 3.8) is 0 Å². The van der Waals surface area contributed by atoms with E-state index in [-0.39, 0.29) is 35.7 Å². The molecule has 0 bridgehead atoms. The summed E-state index contributed by atoms with van der Waals surface area (Å²) in [4.78, 5) is 39.6. The van der Waals surface area contributed by atoms with E-state index in [4.69, 9.17) is 9.26 Å². The Morgan fingerprint density at radius 2 is 1.94 bits per heavy atom. The second kappa shape index (κ2) is 8.93. The van der Waals surface area contributed by atoms with E-state index in [9.17, 15) is 18.8 Å². The zero-order chi connectivity index (χ0) is 24.6. The molecule has 3 aromatic rings. The molecule has 1 aliphatic heterocycles. The predicted octanol–water partition coefficient (Wildman–Crippen LogP) is 3.96. The normalized spacial score (nSPS) is 15.7. The number of hydrogen-bond donors (Lipinski definition) is 1. The number of aromatic nitrogens is 1. The highest BCUT2D eigenvalue weighted by Gasteiger charge is 2.37. The fourth-order valence-electron chi connectivity index (χ4n) is 4.40. The van der Waals surface area contributed by atoms with Gasteiger partial charge in [0.15, 0.2) is 5.78 Å². The van der Waals surface area contributed by atoms with Crippen LogP contribution in [0.1, 0.15) is 59.6 Å². The summed E-state index contributed by atoms with van der Waals surface area (Å²) >= 11 is 0. The van der Waals surface area contributed by atoms with Crippen LogP contribution in [0.25, 0.3) is 0 Å². The van der Waals surface area contributed by atoms with Crippen molar-refractivity contribution in [3.05, 3.63) is 86.6 Å². The van der Waals surface area contributed by atoms with Crippen LogP contribution in [0.15, 0.2) is 51.8 Å². The maximum Gasteiger partial charge on any atom is 0.293 e. The number of benzene rings is 2. The standard InChI is InChI=1S/C26H27FN2O5/c1-26(2,3)19-8-5-15(11-20(19)27)12-21(30)24-18-7-6-17(33-4)13-16(18)9-10-29(24)25(32)22-14-23(31)28-34-22/h5-8,11,13-14,24H,9-10,12H2,1-4H3,(H,28,31). The summed E-state index contributed by atoms with van der Waals surface area (Å²) in [7, 11) is 1.56. The smallest absolute Gasteiger partial charge is 0.293 e. The van der Waals surface area contributed by atoms with Crippen molar-refractivity contribution in [1.29, 1.82) is 0 Å². The molecule has 1 aliphatic rings. The van der Waals surface area contributed by atoms with Gasteiger partial charge < -0.3 is 14.2 Å². The number of amides is 1. The van der Waals surface area contributed by atoms with Gasteiger partial charge in [-0.15, -0.1) is 0 Å². The lowest BCUT2D eigenvalue weighted by Gasteiger charge is -2.36. The van der Waals surface area contributed by atoms with Gasteiger partial charge in [-0.2, -0.15) is 5.16 Å². The number of aromatic amines is 1. The Morgan fingerprint density at radius 3 is 2.56 bits per heavy atom. The van der Waals surface area contributed by atoms with Crippen molar-refractivity contribution < 1.29 is 23.2 Å². The number of H-pyrrole nitrogens is 1. The Kier molecular flexibility index (Phi) is 6.17. The highest BCUT2D eigenvalue weighted by atomic mass is 19.1. The van der Waals surface area contributed by atoms with Crippen LogP contribution in [-0.2, 0) is 23.1 Å². The summed E-state index contributed by atoms with van der Waals surface area (Å²) in [6, 6.07) is 10.3. The highest BCUT2D eigenvalue weighted by Crippen LogP contribution is 2.35. The minimum Gasteiger partial charge on any atom is -0.497 e. The fourth-order valence-corrected chi connectivity index (χ4v) is 4.40. The molecule has 1 N–H and O–H groups in total. The third-order valence-corrected chi connectivity index (χ3v) is 6.10. The molecular weight excluding hydrogens is 439 g/mol. The average molecular weight is 467 g/mol. The van der Waals surface area contributed by atoms with E-state index in [1.54, 1.807) is 31.4 Å². The van der Waals surface area contributed by atoms with E-state index in [0.717, 1.165) is 11.6 Å². The number of hydrogen-bond acceptors (Lipinski definition) is 5. The number of carbonyl (C=O) groups excluding carboxylic acids is 2. The number of ketones is 1. The van der Waals surface area contributed by atoms with Gasteiger partial charge in [0.1, 0.15) is 17.6 Å². The summed E-state index contributed by atoms with van der Waals surface area (Å²) in [6.45, 7) is 6.02. The van der Waals surface area contributed by atoms with Gasteiger partial charge in [0.2, 0.25) is 5.76 Å². The lowest BCUT2D eigenvalue weighted by Crippen LogP contribution is -2.44. The monoisotopic (exact) mass is 466 g/mol. The minimum absolute atomic E-state index is 0.0572. The first kappa shape index (κ1) is 23.5. The van der Waals surface area contributed by atoms with Crippen molar-refractivity contribution in [2.75, 3.05) is 13.7 Å². The summed E-state index contributed by atoms with van der Waals surface area (Å²) in [6.07, 6.45) is 0.448. The van der Waals surface area contributed by atoms with Crippen molar-refractivity contribution in [2.45, 2.75) is 45.1 Å². The van der Waals surface area contributed by atoms with Gasteiger partial charge in [0, 0.05) is 13.0 Å². The van der Waals surface area contributed by atoms with E-state index in [2.05, 4.69) is 5.16 Å². The van der Waals surface area contributed by atoms with E-state index in [1.165, 1.54) is 11.0 Å². The van der Waals surface area contributed by atoms with Crippen LogP contribution in [0.2, 0.25) is 0 Å². The summed E-state index contributed by atoms with van der Waals surface area (Å²) in [5.74, 6) is -0.706. The molecule has 1 unspecified atom stereocenters. The third-order valence-electron chi connectivity index (χ3n) is 6.10. The summed E-state index contributed by atoms with van der Waals surface area (Å²) in [5, 5.41) is 2.11. The number of methoxy groups -OCH3 is 1. The maximum absolute atomic E-state index is 14.8. The van der Waals surface area contributed by atoms with Crippen molar-refractivity contribution in [2.24, 2.45) is 0 Å². The lowest BCUT2D eigenvalue weighted by atomic mass is 9.85. The molecule has 1 atom stereocenters. The molecule has 0 saturated carbocycles. The van der Waals surface area contributed by atoms with Gasteiger partial charge in [0.25, 0.3) is 11.5 Å². The van der Waals surface area contributed by atoms with Gasteiger partial charge in [-0.25, -0.2) is 4.39 Å². The number of carbonyl (C=O) groups is 2. The Bertz CT molecular complexity index is 1300. The molecule has 8 heteroatoms. The largest absolute Gasteiger partial charge is 0.497 e. The molecule has 7 nitrogen and oxygen atoms in total. The lowest BCUT2D eigenvalue weighted by molar-refractivity contribution is -0.123. The molecular formula is C26H27FN2O5. The minimum atomic E-state index is -0.910. The third kappa shape index (κ3) is 4.53. The quantitative estimate of drug-likeness (QED) is 0.614. The SMILES string of the molecule is COc1ccc2c(c1)CCN(C(=O)c1cc(=O)[nH]o1)C2C(=O)Cc1ccc(C(C)(C)C)c(F)c1. The van der Waals surface area contributed by atoms with Crippen LogP contribution >= 0.6 is 0 Å². The molecule has 0 saturated heterocycles. The first-order valence-corrected chi connectivity index (χ1v) is 11.1. The van der Waals surface area contributed by atoms with E-state index in [0.29, 0.717) is 28.9 Å². The zero-order valence-corrected chi connectivity index (χ0v) is 19.6. The first-order chi connectivity index (χ1) is 16.1. The summed E-state index contributed by atoms with van der Waals surface area (Å²) in [5.41, 5.74) is 1.76. The van der Waals surface area contributed by atoms with Gasteiger partial charge >= 0.3 is 0 Å². The molecule has 1 aromatic heterocycles. The van der Waals surface area contributed by atoms with Gasteiger partial charge in [-0.3, -0.25) is 14.4 Å². The van der Waals surface area contributed by atoms with E-state index < -0.39 is 17.5 Å². The van der Waals surface area contributed by atoms with Crippen LogP contribution in [0.3, 0.4) is 0 Å². The van der Waals surface area contributed by atoms with Gasteiger partial charge in [0.05, 0.1) is 13.2 Å². The molecule has 1 amide bonds. The van der Waals surface area contributed by atoms with Crippen LogP contribution < -0.4 is 10.3 Å². The number of rotatable bonds is 5. The predicted molar refractivity (Wildman–Crippen MR) is 124 cm³/mol. The molecule has 0 radical (unpaired) electrons.